The first-order valence-electron chi connectivity index (χ1n) is 14.0. The molecule has 0 aromatic heterocycles. The van der Waals surface area contributed by atoms with Crippen LogP contribution in [0, 0.1) is 17.0 Å². The van der Waals surface area contributed by atoms with Gasteiger partial charge in [0, 0.05) is 41.9 Å². The molecule has 0 aliphatic carbocycles. The van der Waals surface area contributed by atoms with E-state index in [-0.39, 0.29) is 29.9 Å². The van der Waals surface area contributed by atoms with Crippen LogP contribution in [0.1, 0.15) is 34.2 Å². The molecule has 2 N–H and O–H groups in total. The van der Waals surface area contributed by atoms with Crippen LogP contribution in [0.25, 0.3) is 6.08 Å². The highest BCUT2D eigenvalue weighted by Gasteiger charge is 2.74. The number of ketones is 1. The van der Waals surface area contributed by atoms with Crippen LogP contribution in [0.4, 0.5) is 14.5 Å². The number of anilines is 1. The van der Waals surface area contributed by atoms with Gasteiger partial charge < -0.3 is 10.2 Å². The Bertz CT molecular complexity index is 1720. The van der Waals surface area contributed by atoms with E-state index in [0.717, 1.165) is 11.1 Å². The standard InChI is InChI=1S/C35H29F2N3O2/c1-40-20-25(19-22-11-15-26(36)16-12-22)32(41)34(21-40)30(23-13-17-27(37)18-14-23)31(24-7-3-2-4-8-24)39-35(34)28-9-5-6-10-29(28)38-33(35)42/h2-19,30-31,39H,20-21H2,1H3,(H,38,42)/b25-19+/t30-,31-,34-,35-/m1/s1. The van der Waals surface area contributed by atoms with E-state index >= 15 is 4.79 Å². The van der Waals surface area contributed by atoms with E-state index in [4.69, 9.17) is 0 Å². The number of likely N-dealkylation sites (tertiary alicyclic amines) is 1. The van der Waals surface area contributed by atoms with Gasteiger partial charge in [0.05, 0.1) is 5.41 Å². The Morgan fingerprint density at radius 3 is 2.17 bits per heavy atom. The molecule has 4 aromatic carbocycles. The van der Waals surface area contributed by atoms with Crippen LogP contribution in [-0.4, -0.2) is 36.7 Å². The zero-order valence-electron chi connectivity index (χ0n) is 23.0. The molecule has 210 valence electrons. The molecule has 0 bridgehead atoms. The van der Waals surface area contributed by atoms with Crippen LogP contribution < -0.4 is 10.6 Å². The summed E-state index contributed by atoms with van der Waals surface area (Å²) in [4.78, 5) is 31.7. The van der Waals surface area contributed by atoms with E-state index in [2.05, 4.69) is 15.5 Å². The van der Waals surface area contributed by atoms with Crippen molar-refractivity contribution in [2.24, 2.45) is 5.41 Å². The lowest BCUT2D eigenvalue weighted by Crippen LogP contribution is -2.65. The number of amides is 1. The smallest absolute Gasteiger partial charge is 0.250 e. The number of nitrogens with one attached hydrogen (secondary N) is 2. The Morgan fingerprint density at radius 2 is 1.45 bits per heavy atom. The van der Waals surface area contributed by atoms with Gasteiger partial charge in [0.15, 0.2) is 5.78 Å². The predicted octanol–water partition coefficient (Wildman–Crippen LogP) is 5.83. The van der Waals surface area contributed by atoms with Crippen molar-refractivity contribution in [1.82, 2.24) is 10.2 Å². The summed E-state index contributed by atoms with van der Waals surface area (Å²) in [6, 6.07) is 29.1. The minimum atomic E-state index is -1.42. The number of fused-ring (bicyclic) bond motifs is 3. The van der Waals surface area contributed by atoms with Gasteiger partial charge in [0.25, 0.3) is 5.91 Å². The maximum Gasteiger partial charge on any atom is 0.250 e. The van der Waals surface area contributed by atoms with Gasteiger partial charge in [-0.25, -0.2) is 8.78 Å². The van der Waals surface area contributed by atoms with Gasteiger partial charge in [0.1, 0.15) is 17.2 Å². The molecule has 5 nitrogen and oxygen atoms in total. The second kappa shape index (κ2) is 9.82. The maximum atomic E-state index is 15.2. The number of hydrogen-bond acceptors (Lipinski definition) is 4. The van der Waals surface area contributed by atoms with Gasteiger partial charge in [-0.3, -0.25) is 14.9 Å². The number of Topliss-reactive ketones (excluding diaryl/α,β-unsaturated/α-hetero) is 1. The molecule has 4 atom stereocenters. The summed E-state index contributed by atoms with van der Waals surface area (Å²) >= 11 is 0. The molecule has 2 spiro atoms. The van der Waals surface area contributed by atoms with Crippen molar-refractivity contribution in [2.45, 2.75) is 17.5 Å². The highest BCUT2D eigenvalue weighted by Crippen LogP contribution is 2.65. The topological polar surface area (TPSA) is 61.4 Å². The van der Waals surface area contributed by atoms with Crippen LogP contribution in [0.3, 0.4) is 0 Å². The molecule has 0 radical (unpaired) electrons. The van der Waals surface area contributed by atoms with Crippen LogP contribution in [-0.2, 0) is 15.1 Å². The largest absolute Gasteiger partial charge is 0.324 e. The number of nitrogens with zero attached hydrogens (tertiary/aromatic N) is 1. The Kier molecular flexibility index (Phi) is 6.18. The van der Waals surface area contributed by atoms with Gasteiger partial charge in [-0.1, -0.05) is 72.8 Å². The van der Waals surface area contributed by atoms with Gasteiger partial charge in [-0.2, -0.15) is 0 Å². The molecular formula is C35H29F2N3O2. The van der Waals surface area contributed by atoms with Crippen LogP contribution in [0.2, 0.25) is 0 Å². The summed E-state index contributed by atoms with van der Waals surface area (Å²) in [5, 5.41) is 6.79. The molecule has 7 heteroatoms. The average Bonchev–Trinajstić information content (AvgIpc) is 3.46. The maximum absolute atomic E-state index is 15.2. The quantitative estimate of drug-likeness (QED) is 0.309. The SMILES string of the molecule is CN1C/C(=C\c2ccc(F)cc2)C(=O)[C@@]2(C1)[C@H](c1ccc(F)cc1)[C@@H](c1ccccc1)N[C@]21C(=O)Nc2ccccc21. The van der Waals surface area contributed by atoms with E-state index in [0.29, 0.717) is 28.9 Å². The summed E-state index contributed by atoms with van der Waals surface area (Å²) in [5.41, 5.74) is 1.53. The third-order valence-electron chi connectivity index (χ3n) is 9.08. The molecular weight excluding hydrogens is 532 g/mol. The summed E-state index contributed by atoms with van der Waals surface area (Å²) < 4.78 is 28.0. The Hall–Kier alpha value is -4.46. The fourth-order valence-electron chi connectivity index (χ4n) is 7.49. The van der Waals surface area contributed by atoms with Crippen LogP contribution in [0.5, 0.6) is 0 Å². The van der Waals surface area contributed by atoms with Crippen molar-refractivity contribution in [2.75, 3.05) is 25.5 Å². The van der Waals surface area contributed by atoms with Gasteiger partial charge in [0.2, 0.25) is 0 Å². The molecule has 2 fully saturated rings. The number of carbonyl (C=O) groups is 2. The Labute approximate surface area is 242 Å². The lowest BCUT2D eigenvalue weighted by atomic mass is 9.55. The van der Waals surface area contributed by atoms with E-state index < -0.39 is 22.9 Å². The minimum Gasteiger partial charge on any atom is -0.324 e. The average molecular weight is 562 g/mol. The van der Waals surface area contributed by atoms with Gasteiger partial charge in [-0.05, 0) is 60.1 Å². The van der Waals surface area contributed by atoms with E-state index in [1.54, 1.807) is 30.3 Å². The molecule has 7 rings (SSSR count). The van der Waals surface area contributed by atoms with E-state index in [1.807, 2.05) is 61.6 Å². The summed E-state index contributed by atoms with van der Waals surface area (Å²) in [6.45, 7) is 0.649. The molecule has 42 heavy (non-hydrogen) atoms. The Morgan fingerprint density at radius 1 is 0.810 bits per heavy atom. The van der Waals surface area contributed by atoms with Crippen molar-refractivity contribution in [3.63, 3.8) is 0 Å². The molecule has 0 unspecified atom stereocenters. The fourth-order valence-corrected chi connectivity index (χ4v) is 7.49. The van der Waals surface area contributed by atoms with Crippen LogP contribution >= 0.6 is 0 Å². The zero-order valence-corrected chi connectivity index (χ0v) is 23.0. The molecule has 3 aliphatic heterocycles. The number of hydrogen-bond donors (Lipinski definition) is 2. The summed E-state index contributed by atoms with van der Waals surface area (Å²) in [5.74, 6) is -1.72. The molecule has 2 saturated heterocycles. The summed E-state index contributed by atoms with van der Waals surface area (Å²) in [7, 11) is 1.94. The predicted molar refractivity (Wildman–Crippen MR) is 158 cm³/mol. The molecule has 3 heterocycles. The zero-order chi connectivity index (χ0) is 29.1. The number of benzene rings is 4. The second-order valence-corrected chi connectivity index (χ2v) is 11.5. The number of para-hydroxylation sites is 1. The lowest BCUT2D eigenvalue weighted by Gasteiger charge is -2.49. The first kappa shape index (κ1) is 26.4. The fraction of sp³-hybridized carbons (Fsp3) is 0.200. The summed E-state index contributed by atoms with van der Waals surface area (Å²) in [6.07, 6.45) is 1.79. The molecule has 4 aromatic rings. The first-order valence-corrected chi connectivity index (χ1v) is 14.0. The van der Waals surface area contributed by atoms with E-state index in [9.17, 15) is 13.6 Å². The van der Waals surface area contributed by atoms with E-state index in [1.165, 1.54) is 24.3 Å². The molecule has 3 aliphatic rings. The van der Waals surface area contributed by atoms with Crippen molar-refractivity contribution in [3.8, 4) is 0 Å². The second-order valence-electron chi connectivity index (χ2n) is 11.5. The van der Waals surface area contributed by atoms with Gasteiger partial charge >= 0.3 is 0 Å². The number of halogens is 2. The number of rotatable bonds is 3. The highest BCUT2D eigenvalue weighted by molar-refractivity contribution is 6.16. The lowest BCUT2D eigenvalue weighted by molar-refractivity contribution is -0.141. The Balaban J connectivity index is 1.53. The third kappa shape index (κ3) is 3.81. The van der Waals surface area contributed by atoms with Crippen molar-refractivity contribution in [3.05, 3.63) is 143 Å². The third-order valence-corrected chi connectivity index (χ3v) is 9.08. The van der Waals surface area contributed by atoms with Gasteiger partial charge in [-0.15, -0.1) is 0 Å². The molecule has 1 amide bonds. The molecule has 0 saturated carbocycles. The monoisotopic (exact) mass is 561 g/mol. The number of carbonyl (C=O) groups excluding carboxylic acids is 2. The van der Waals surface area contributed by atoms with Crippen molar-refractivity contribution >= 4 is 23.5 Å². The van der Waals surface area contributed by atoms with Crippen molar-refractivity contribution in [1.29, 1.82) is 0 Å². The van der Waals surface area contributed by atoms with Crippen LogP contribution in [0.15, 0.2) is 109 Å². The highest BCUT2D eigenvalue weighted by atomic mass is 19.1. The number of piperidine rings is 1. The normalized spacial score (nSPS) is 28.0. The van der Waals surface area contributed by atoms with Crippen molar-refractivity contribution < 1.29 is 18.4 Å². The first-order chi connectivity index (χ1) is 20.3. The minimum absolute atomic E-state index is 0.156. The number of likely N-dealkylation sites (N-methyl/N-ethyl adjacent to an activating group) is 1.